The summed E-state index contributed by atoms with van der Waals surface area (Å²) in [5, 5.41) is 3.14. The minimum absolute atomic E-state index is 0.225. The molecule has 1 unspecified atom stereocenters. The minimum Gasteiger partial charge on any atom is -0.380 e. The van der Waals surface area contributed by atoms with Gasteiger partial charge < -0.3 is 11.1 Å². The molecule has 0 spiro atoms. The minimum atomic E-state index is -0.542. The molecule has 0 aliphatic rings. The van der Waals surface area contributed by atoms with E-state index in [2.05, 4.69) is 19.2 Å². The standard InChI is InChI=1S/C14H21FN2O/c1-3-5-6-11(4-2)17-13-9-10(14(16)18)7-8-12(13)15/h7-9,11,17H,3-6H2,1-2H3,(H2,16,18). The third-order valence-electron chi connectivity index (χ3n) is 3.01. The number of nitrogens with one attached hydrogen (secondary N) is 1. The molecular weight excluding hydrogens is 231 g/mol. The van der Waals surface area contributed by atoms with Gasteiger partial charge in [-0.15, -0.1) is 0 Å². The van der Waals surface area contributed by atoms with Crippen LogP contribution in [0.4, 0.5) is 10.1 Å². The van der Waals surface area contributed by atoms with Gasteiger partial charge in [0.2, 0.25) is 5.91 Å². The van der Waals surface area contributed by atoms with Gasteiger partial charge in [-0.1, -0.05) is 26.7 Å². The summed E-state index contributed by atoms with van der Waals surface area (Å²) >= 11 is 0. The van der Waals surface area contributed by atoms with E-state index >= 15 is 0 Å². The molecular formula is C14H21FN2O. The maximum Gasteiger partial charge on any atom is 0.248 e. The first-order chi connectivity index (χ1) is 8.58. The lowest BCUT2D eigenvalue weighted by atomic mass is 10.1. The molecule has 0 radical (unpaired) electrons. The van der Waals surface area contributed by atoms with Crippen molar-refractivity contribution in [3.8, 4) is 0 Å². The van der Waals surface area contributed by atoms with Gasteiger partial charge in [-0.25, -0.2) is 4.39 Å². The number of amides is 1. The molecule has 1 atom stereocenters. The first kappa shape index (κ1) is 14.5. The summed E-state index contributed by atoms with van der Waals surface area (Å²) in [5.41, 5.74) is 5.87. The molecule has 1 amide bonds. The van der Waals surface area contributed by atoms with Gasteiger partial charge in [0, 0.05) is 11.6 Å². The smallest absolute Gasteiger partial charge is 0.248 e. The number of anilines is 1. The Hall–Kier alpha value is -1.58. The number of unbranched alkanes of at least 4 members (excludes halogenated alkanes) is 1. The van der Waals surface area contributed by atoms with Gasteiger partial charge in [0.25, 0.3) is 0 Å². The van der Waals surface area contributed by atoms with E-state index in [1.54, 1.807) is 0 Å². The summed E-state index contributed by atoms with van der Waals surface area (Å²) in [6.07, 6.45) is 4.12. The van der Waals surface area contributed by atoms with Gasteiger partial charge in [0.15, 0.2) is 0 Å². The number of rotatable bonds is 7. The second-order valence-corrected chi connectivity index (χ2v) is 4.45. The van der Waals surface area contributed by atoms with Crippen molar-refractivity contribution in [1.82, 2.24) is 0 Å². The van der Waals surface area contributed by atoms with Crippen LogP contribution in [0.3, 0.4) is 0 Å². The Labute approximate surface area is 108 Å². The zero-order valence-corrected chi connectivity index (χ0v) is 11.0. The summed E-state index contributed by atoms with van der Waals surface area (Å²) in [4.78, 5) is 11.1. The zero-order valence-electron chi connectivity index (χ0n) is 11.0. The molecule has 0 saturated heterocycles. The number of benzene rings is 1. The van der Waals surface area contributed by atoms with Gasteiger partial charge >= 0.3 is 0 Å². The summed E-state index contributed by atoms with van der Waals surface area (Å²) in [6, 6.07) is 4.37. The van der Waals surface area contributed by atoms with E-state index in [0.717, 1.165) is 25.7 Å². The molecule has 3 nitrogen and oxygen atoms in total. The van der Waals surface area contributed by atoms with Crippen molar-refractivity contribution in [2.75, 3.05) is 5.32 Å². The van der Waals surface area contributed by atoms with Gasteiger partial charge in [0.1, 0.15) is 5.82 Å². The molecule has 0 bridgehead atoms. The predicted molar refractivity (Wildman–Crippen MR) is 72.1 cm³/mol. The quantitative estimate of drug-likeness (QED) is 0.782. The molecule has 18 heavy (non-hydrogen) atoms. The number of hydrogen-bond donors (Lipinski definition) is 2. The van der Waals surface area contributed by atoms with Crippen LogP contribution in [-0.2, 0) is 0 Å². The average molecular weight is 252 g/mol. The van der Waals surface area contributed by atoms with E-state index in [0.29, 0.717) is 11.3 Å². The SMILES string of the molecule is CCCCC(CC)Nc1cc(C(N)=O)ccc1F. The molecule has 0 fully saturated rings. The second kappa shape index (κ2) is 6.99. The lowest BCUT2D eigenvalue weighted by molar-refractivity contribution is 0.100. The molecule has 0 aromatic heterocycles. The number of carbonyl (C=O) groups is 1. The van der Waals surface area contributed by atoms with Crippen LogP contribution in [0.15, 0.2) is 18.2 Å². The monoisotopic (exact) mass is 252 g/mol. The molecule has 100 valence electrons. The fourth-order valence-electron chi connectivity index (χ4n) is 1.84. The molecule has 1 rings (SSSR count). The highest BCUT2D eigenvalue weighted by Crippen LogP contribution is 2.19. The van der Waals surface area contributed by atoms with Crippen LogP contribution in [-0.4, -0.2) is 11.9 Å². The van der Waals surface area contributed by atoms with Gasteiger partial charge in [-0.3, -0.25) is 4.79 Å². The van der Waals surface area contributed by atoms with Crippen molar-refractivity contribution in [1.29, 1.82) is 0 Å². The van der Waals surface area contributed by atoms with Crippen molar-refractivity contribution in [3.63, 3.8) is 0 Å². The van der Waals surface area contributed by atoms with Crippen molar-refractivity contribution >= 4 is 11.6 Å². The van der Waals surface area contributed by atoms with Crippen molar-refractivity contribution < 1.29 is 9.18 Å². The Balaban J connectivity index is 2.80. The fourth-order valence-corrected chi connectivity index (χ4v) is 1.84. The molecule has 0 saturated carbocycles. The highest BCUT2D eigenvalue weighted by Gasteiger charge is 2.11. The van der Waals surface area contributed by atoms with Gasteiger partial charge in [-0.2, -0.15) is 0 Å². The normalized spacial score (nSPS) is 12.2. The van der Waals surface area contributed by atoms with Crippen LogP contribution in [0.2, 0.25) is 0 Å². The van der Waals surface area contributed by atoms with Gasteiger partial charge in [-0.05, 0) is 31.0 Å². The number of nitrogens with two attached hydrogens (primary N) is 1. The van der Waals surface area contributed by atoms with Crippen molar-refractivity contribution in [2.24, 2.45) is 5.73 Å². The van der Waals surface area contributed by atoms with Crippen LogP contribution in [0.1, 0.15) is 49.9 Å². The van der Waals surface area contributed by atoms with Crippen molar-refractivity contribution in [3.05, 3.63) is 29.6 Å². The Kier molecular flexibility index (Phi) is 5.62. The molecule has 1 aromatic rings. The molecule has 1 aromatic carbocycles. The first-order valence-corrected chi connectivity index (χ1v) is 6.44. The van der Waals surface area contributed by atoms with E-state index in [9.17, 15) is 9.18 Å². The third-order valence-corrected chi connectivity index (χ3v) is 3.01. The van der Waals surface area contributed by atoms with Crippen LogP contribution in [0, 0.1) is 5.82 Å². The Bertz CT molecular complexity index is 407. The maximum atomic E-state index is 13.6. The summed E-state index contributed by atoms with van der Waals surface area (Å²) in [7, 11) is 0. The summed E-state index contributed by atoms with van der Waals surface area (Å²) in [5.74, 6) is -0.894. The molecule has 3 N–H and O–H groups in total. The topological polar surface area (TPSA) is 55.1 Å². The number of halogens is 1. The van der Waals surface area contributed by atoms with E-state index < -0.39 is 5.91 Å². The fraction of sp³-hybridized carbons (Fsp3) is 0.500. The second-order valence-electron chi connectivity index (χ2n) is 4.45. The van der Waals surface area contributed by atoms with Crippen LogP contribution in [0.5, 0.6) is 0 Å². The van der Waals surface area contributed by atoms with Crippen molar-refractivity contribution in [2.45, 2.75) is 45.6 Å². The largest absolute Gasteiger partial charge is 0.380 e. The summed E-state index contributed by atoms with van der Waals surface area (Å²) < 4.78 is 13.6. The predicted octanol–water partition coefficient (Wildman–Crippen LogP) is 3.31. The lowest BCUT2D eigenvalue weighted by Gasteiger charge is -2.18. The first-order valence-electron chi connectivity index (χ1n) is 6.44. The number of carbonyl (C=O) groups excluding carboxylic acids is 1. The highest BCUT2D eigenvalue weighted by atomic mass is 19.1. The van der Waals surface area contributed by atoms with Gasteiger partial charge in [0.05, 0.1) is 5.69 Å². The molecule has 0 heterocycles. The lowest BCUT2D eigenvalue weighted by Crippen LogP contribution is -2.20. The van der Waals surface area contributed by atoms with Crippen LogP contribution >= 0.6 is 0 Å². The summed E-state index contributed by atoms with van der Waals surface area (Å²) in [6.45, 7) is 4.18. The van der Waals surface area contributed by atoms with E-state index in [4.69, 9.17) is 5.73 Å². The Morgan fingerprint density at radius 1 is 1.44 bits per heavy atom. The van der Waals surface area contributed by atoms with E-state index in [1.165, 1.54) is 18.2 Å². The van der Waals surface area contributed by atoms with Crippen LogP contribution in [0.25, 0.3) is 0 Å². The molecule has 0 aliphatic heterocycles. The third kappa shape index (κ3) is 4.02. The number of primary amides is 1. The molecule has 0 aliphatic carbocycles. The zero-order chi connectivity index (χ0) is 13.5. The highest BCUT2D eigenvalue weighted by molar-refractivity contribution is 5.93. The Morgan fingerprint density at radius 3 is 2.72 bits per heavy atom. The number of hydrogen-bond acceptors (Lipinski definition) is 2. The van der Waals surface area contributed by atoms with E-state index in [-0.39, 0.29) is 11.9 Å². The average Bonchev–Trinajstić information content (AvgIpc) is 2.36. The maximum absolute atomic E-state index is 13.6. The Morgan fingerprint density at radius 2 is 2.17 bits per heavy atom. The van der Waals surface area contributed by atoms with Crippen LogP contribution < -0.4 is 11.1 Å². The molecule has 4 heteroatoms. The van der Waals surface area contributed by atoms with E-state index in [1.807, 2.05) is 0 Å².